The minimum atomic E-state index is 0.319. The topological polar surface area (TPSA) is 41.1 Å². The Morgan fingerprint density at radius 2 is 2.13 bits per heavy atom. The molecule has 2 aliphatic rings. The predicted molar refractivity (Wildman–Crippen MR) is 58.8 cm³/mol. The molecule has 1 unspecified atom stereocenters. The maximum absolute atomic E-state index is 4.34. The summed E-state index contributed by atoms with van der Waals surface area (Å²) in [6, 6.07) is 1.87. The summed E-state index contributed by atoms with van der Waals surface area (Å²) in [7, 11) is 0. The largest absolute Gasteiger partial charge is 0.334 e. The number of aromatic nitrogens is 2. The van der Waals surface area contributed by atoms with Crippen molar-refractivity contribution >= 4 is 5.95 Å². The molecule has 1 atom stereocenters. The molecule has 0 amide bonds. The summed E-state index contributed by atoms with van der Waals surface area (Å²) >= 11 is 0. The lowest BCUT2D eigenvalue weighted by Crippen LogP contribution is -2.67. The quantitative estimate of drug-likeness (QED) is 0.735. The van der Waals surface area contributed by atoms with Crippen LogP contribution in [0.3, 0.4) is 0 Å². The smallest absolute Gasteiger partial charge is 0.225 e. The minimum Gasteiger partial charge on any atom is -0.334 e. The lowest BCUT2D eigenvalue weighted by Gasteiger charge is -2.55. The summed E-state index contributed by atoms with van der Waals surface area (Å²) in [4.78, 5) is 11.0. The third-order valence-corrected chi connectivity index (χ3v) is 3.62. The van der Waals surface area contributed by atoms with Crippen molar-refractivity contribution in [1.29, 1.82) is 0 Å². The van der Waals surface area contributed by atoms with Gasteiger partial charge in [-0.1, -0.05) is 0 Å². The van der Waals surface area contributed by atoms with Crippen LogP contribution in [0.15, 0.2) is 18.5 Å². The highest BCUT2D eigenvalue weighted by Gasteiger charge is 2.46. The Kier molecular flexibility index (Phi) is 2.09. The summed E-state index contributed by atoms with van der Waals surface area (Å²) in [6.07, 6.45) is 7.47. The van der Waals surface area contributed by atoms with Crippen LogP contribution in [0.1, 0.15) is 19.3 Å². The van der Waals surface area contributed by atoms with E-state index in [1.54, 1.807) is 0 Å². The van der Waals surface area contributed by atoms with Gasteiger partial charge in [0, 0.05) is 25.5 Å². The van der Waals surface area contributed by atoms with E-state index >= 15 is 0 Å². The van der Waals surface area contributed by atoms with E-state index in [2.05, 4.69) is 20.2 Å². The van der Waals surface area contributed by atoms with E-state index in [4.69, 9.17) is 0 Å². The molecule has 1 N–H and O–H groups in total. The lowest BCUT2D eigenvalue weighted by atomic mass is 9.79. The lowest BCUT2D eigenvalue weighted by molar-refractivity contribution is 0.208. The van der Waals surface area contributed by atoms with Crippen molar-refractivity contribution in [3.8, 4) is 0 Å². The predicted octanol–water partition coefficient (Wildman–Crippen LogP) is 0.809. The Morgan fingerprint density at radius 3 is 2.73 bits per heavy atom. The molecule has 15 heavy (non-hydrogen) atoms. The van der Waals surface area contributed by atoms with Crippen molar-refractivity contribution in [2.24, 2.45) is 0 Å². The summed E-state index contributed by atoms with van der Waals surface area (Å²) in [5.74, 6) is 0.896. The summed E-state index contributed by atoms with van der Waals surface area (Å²) < 4.78 is 0. The van der Waals surface area contributed by atoms with Crippen molar-refractivity contribution in [2.45, 2.75) is 24.8 Å². The van der Waals surface area contributed by atoms with Crippen molar-refractivity contribution < 1.29 is 0 Å². The van der Waals surface area contributed by atoms with Gasteiger partial charge in [0.2, 0.25) is 5.95 Å². The normalized spacial score (nSPS) is 30.3. The van der Waals surface area contributed by atoms with Gasteiger partial charge < -0.3 is 10.2 Å². The van der Waals surface area contributed by atoms with Gasteiger partial charge in [-0.25, -0.2) is 9.97 Å². The Labute approximate surface area is 89.7 Å². The molecule has 80 valence electrons. The molecule has 0 aromatic carbocycles. The second-order valence-corrected chi connectivity index (χ2v) is 4.46. The van der Waals surface area contributed by atoms with E-state index in [0.29, 0.717) is 5.54 Å². The van der Waals surface area contributed by atoms with E-state index in [1.807, 2.05) is 18.5 Å². The Hall–Kier alpha value is -1.16. The molecule has 1 aromatic heterocycles. The average molecular weight is 204 g/mol. The highest BCUT2D eigenvalue weighted by Crippen LogP contribution is 2.38. The van der Waals surface area contributed by atoms with Crippen LogP contribution in [0.5, 0.6) is 0 Å². The SMILES string of the molecule is c1cnc(N2CCC23CCCNC3)nc1. The summed E-state index contributed by atoms with van der Waals surface area (Å²) in [6.45, 7) is 3.35. The highest BCUT2D eigenvalue weighted by molar-refractivity contribution is 5.40. The fraction of sp³-hybridized carbons (Fsp3) is 0.636. The van der Waals surface area contributed by atoms with Gasteiger partial charge in [0.25, 0.3) is 0 Å². The van der Waals surface area contributed by atoms with Crippen LogP contribution in [0.2, 0.25) is 0 Å². The Balaban J connectivity index is 1.83. The maximum atomic E-state index is 4.34. The zero-order chi connectivity index (χ0) is 10.1. The van der Waals surface area contributed by atoms with Crippen LogP contribution in [0.4, 0.5) is 5.95 Å². The first-order valence-electron chi connectivity index (χ1n) is 5.66. The second-order valence-electron chi connectivity index (χ2n) is 4.46. The van der Waals surface area contributed by atoms with E-state index < -0.39 is 0 Å². The van der Waals surface area contributed by atoms with Gasteiger partial charge in [0.15, 0.2) is 0 Å². The van der Waals surface area contributed by atoms with Crippen molar-refractivity contribution in [3.63, 3.8) is 0 Å². The molecule has 1 spiro atoms. The number of anilines is 1. The molecular weight excluding hydrogens is 188 g/mol. The van der Waals surface area contributed by atoms with Crippen molar-refractivity contribution in [2.75, 3.05) is 24.5 Å². The van der Waals surface area contributed by atoms with Gasteiger partial charge in [0.05, 0.1) is 5.54 Å². The molecule has 2 fully saturated rings. The van der Waals surface area contributed by atoms with Crippen LogP contribution >= 0.6 is 0 Å². The van der Waals surface area contributed by atoms with Gasteiger partial charge in [0.1, 0.15) is 0 Å². The first-order valence-corrected chi connectivity index (χ1v) is 5.66. The number of nitrogens with one attached hydrogen (secondary N) is 1. The molecule has 1 aromatic rings. The fourth-order valence-corrected chi connectivity index (χ4v) is 2.68. The number of nitrogens with zero attached hydrogens (tertiary/aromatic N) is 3. The zero-order valence-electron chi connectivity index (χ0n) is 8.82. The van der Waals surface area contributed by atoms with Crippen LogP contribution < -0.4 is 10.2 Å². The highest BCUT2D eigenvalue weighted by atomic mass is 15.4. The Bertz CT molecular complexity index is 332. The molecule has 0 radical (unpaired) electrons. The maximum Gasteiger partial charge on any atom is 0.225 e. The van der Waals surface area contributed by atoms with Crippen LogP contribution in [0.25, 0.3) is 0 Å². The molecular formula is C11H16N4. The second kappa shape index (κ2) is 3.45. The van der Waals surface area contributed by atoms with Crippen LogP contribution in [-0.4, -0.2) is 35.1 Å². The number of rotatable bonds is 1. The molecule has 3 rings (SSSR count). The minimum absolute atomic E-state index is 0.319. The first-order chi connectivity index (χ1) is 7.41. The summed E-state index contributed by atoms with van der Waals surface area (Å²) in [5.41, 5.74) is 0.319. The average Bonchev–Trinajstić information content (AvgIpc) is 2.30. The molecule has 2 aliphatic heterocycles. The van der Waals surface area contributed by atoms with Gasteiger partial charge in [-0.15, -0.1) is 0 Å². The molecule has 4 heteroatoms. The summed E-state index contributed by atoms with van der Waals surface area (Å²) in [5, 5.41) is 3.48. The number of hydrogen-bond donors (Lipinski definition) is 1. The fourth-order valence-electron chi connectivity index (χ4n) is 2.68. The third kappa shape index (κ3) is 1.40. The van der Waals surface area contributed by atoms with Gasteiger partial charge in [-0.3, -0.25) is 0 Å². The first kappa shape index (κ1) is 9.09. The van der Waals surface area contributed by atoms with Gasteiger partial charge in [-0.2, -0.15) is 0 Å². The molecule has 0 saturated carbocycles. The number of piperidine rings is 1. The van der Waals surface area contributed by atoms with Crippen LogP contribution in [-0.2, 0) is 0 Å². The molecule has 0 aliphatic carbocycles. The standard InChI is InChI=1S/C11H16N4/c1-3-11(9-12-5-1)4-8-15(11)10-13-6-2-7-14-10/h2,6-7,12H,1,3-5,8-9H2. The van der Waals surface area contributed by atoms with Gasteiger partial charge >= 0.3 is 0 Å². The molecule has 0 bridgehead atoms. The van der Waals surface area contributed by atoms with E-state index in [-0.39, 0.29) is 0 Å². The molecule has 2 saturated heterocycles. The van der Waals surface area contributed by atoms with Crippen molar-refractivity contribution in [3.05, 3.63) is 18.5 Å². The van der Waals surface area contributed by atoms with E-state index in [0.717, 1.165) is 25.6 Å². The molecule has 4 nitrogen and oxygen atoms in total. The molecule has 3 heterocycles. The third-order valence-electron chi connectivity index (χ3n) is 3.62. The monoisotopic (exact) mass is 204 g/mol. The van der Waals surface area contributed by atoms with Crippen LogP contribution in [0, 0.1) is 0 Å². The van der Waals surface area contributed by atoms with Crippen molar-refractivity contribution in [1.82, 2.24) is 15.3 Å². The Morgan fingerprint density at radius 1 is 1.27 bits per heavy atom. The van der Waals surface area contributed by atoms with Gasteiger partial charge in [-0.05, 0) is 31.9 Å². The van der Waals surface area contributed by atoms with E-state index in [9.17, 15) is 0 Å². The van der Waals surface area contributed by atoms with E-state index in [1.165, 1.54) is 19.3 Å². The number of hydrogen-bond acceptors (Lipinski definition) is 4. The zero-order valence-corrected chi connectivity index (χ0v) is 8.82.